The molecule has 2 heterocycles. The molecular weight excluding hydrogens is 434 g/mol. The number of piperazine rings is 1. The number of fused-ring (bicyclic) bond motifs is 1. The van der Waals surface area contributed by atoms with Crippen molar-refractivity contribution in [2.24, 2.45) is 23.7 Å². The van der Waals surface area contributed by atoms with E-state index in [4.69, 9.17) is 10.5 Å². The Bertz CT molecular complexity index is 908. The molecule has 2 unspecified atom stereocenters. The second-order valence-corrected chi connectivity index (χ2v) is 12.9. The summed E-state index contributed by atoms with van der Waals surface area (Å²) in [6.45, 7) is 15.2. The molecule has 1 aromatic carbocycles. The molecule has 194 valence electrons. The molecule has 35 heavy (non-hydrogen) atoms. The van der Waals surface area contributed by atoms with Crippen molar-refractivity contribution in [3.63, 3.8) is 0 Å². The lowest BCUT2D eigenvalue weighted by molar-refractivity contribution is 0.0573. The fourth-order valence-electron chi connectivity index (χ4n) is 6.96. The predicted molar refractivity (Wildman–Crippen MR) is 143 cm³/mol. The van der Waals surface area contributed by atoms with Crippen LogP contribution in [0.3, 0.4) is 0 Å². The Morgan fingerprint density at radius 3 is 2.40 bits per heavy atom. The lowest BCUT2D eigenvalue weighted by Gasteiger charge is -2.43. The first-order valence-corrected chi connectivity index (χ1v) is 14.3. The lowest BCUT2D eigenvalue weighted by atomic mass is 9.72. The standard InChI is InChI=1S/C30H47N3O2/c1-20(17-28(34)25-11-12-27(31)29-26(25)18-30(3,4)35-29)21(2)23-7-9-24(10-8-23)33-15-13-32(14-16-33)19-22-5-6-22/h11-12,20-24H,5-10,13-19,31H2,1-4H3. The molecule has 1 aromatic rings. The topological polar surface area (TPSA) is 58.8 Å². The summed E-state index contributed by atoms with van der Waals surface area (Å²) >= 11 is 0. The van der Waals surface area contributed by atoms with Crippen molar-refractivity contribution in [2.75, 3.05) is 38.5 Å². The van der Waals surface area contributed by atoms with E-state index < -0.39 is 0 Å². The molecule has 1 saturated heterocycles. The van der Waals surface area contributed by atoms with Gasteiger partial charge in [0.2, 0.25) is 0 Å². The number of ketones is 1. The molecule has 3 fully saturated rings. The highest BCUT2D eigenvalue weighted by Crippen LogP contribution is 2.42. The monoisotopic (exact) mass is 481 g/mol. The quantitative estimate of drug-likeness (QED) is 0.397. The third-order valence-corrected chi connectivity index (χ3v) is 9.60. The summed E-state index contributed by atoms with van der Waals surface area (Å²) in [5, 5.41) is 0. The number of nitrogens with zero attached hydrogens (tertiary/aromatic N) is 2. The molecule has 2 N–H and O–H groups in total. The van der Waals surface area contributed by atoms with Gasteiger partial charge in [-0.2, -0.15) is 0 Å². The summed E-state index contributed by atoms with van der Waals surface area (Å²) in [5.74, 6) is 3.69. The zero-order chi connectivity index (χ0) is 24.7. The largest absolute Gasteiger partial charge is 0.485 e. The molecule has 0 bridgehead atoms. The Balaban J connectivity index is 1.11. The maximum absolute atomic E-state index is 13.4. The van der Waals surface area contributed by atoms with Gasteiger partial charge in [-0.25, -0.2) is 0 Å². The number of nitrogen functional groups attached to an aromatic ring is 1. The summed E-state index contributed by atoms with van der Waals surface area (Å²) in [6, 6.07) is 4.54. The molecular formula is C30H47N3O2. The van der Waals surface area contributed by atoms with E-state index in [1.165, 1.54) is 71.2 Å². The zero-order valence-electron chi connectivity index (χ0n) is 22.5. The van der Waals surface area contributed by atoms with Crippen LogP contribution in [0.25, 0.3) is 0 Å². The van der Waals surface area contributed by atoms with Crippen LogP contribution in [0.2, 0.25) is 0 Å². The summed E-state index contributed by atoms with van der Waals surface area (Å²) in [5.41, 5.74) is 8.34. The number of Topliss-reactive ketones (excluding diaryl/α,β-unsaturated/α-hetero) is 1. The number of anilines is 1. The van der Waals surface area contributed by atoms with Gasteiger partial charge in [0.15, 0.2) is 5.78 Å². The minimum absolute atomic E-state index is 0.250. The van der Waals surface area contributed by atoms with E-state index in [1.54, 1.807) is 0 Å². The number of hydrogen-bond acceptors (Lipinski definition) is 5. The Kier molecular flexibility index (Phi) is 7.20. The average Bonchev–Trinajstić information content (AvgIpc) is 3.58. The smallest absolute Gasteiger partial charge is 0.163 e. The third-order valence-electron chi connectivity index (χ3n) is 9.60. The van der Waals surface area contributed by atoms with Crippen LogP contribution >= 0.6 is 0 Å². The Labute approximate surface area is 212 Å². The Morgan fingerprint density at radius 2 is 1.74 bits per heavy atom. The van der Waals surface area contributed by atoms with Gasteiger partial charge >= 0.3 is 0 Å². The van der Waals surface area contributed by atoms with Crippen LogP contribution in [0.1, 0.15) is 88.6 Å². The van der Waals surface area contributed by atoms with Gasteiger partial charge in [-0.3, -0.25) is 9.69 Å². The van der Waals surface area contributed by atoms with Gasteiger partial charge in [-0.1, -0.05) is 13.8 Å². The van der Waals surface area contributed by atoms with E-state index in [0.29, 0.717) is 23.9 Å². The van der Waals surface area contributed by atoms with E-state index in [0.717, 1.165) is 41.2 Å². The van der Waals surface area contributed by atoms with E-state index in [-0.39, 0.29) is 11.4 Å². The van der Waals surface area contributed by atoms with E-state index in [1.807, 2.05) is 12.1 Å². The van der Waals surface area contributed by atoms with Crippen molar-refractivity contribution < 1.29 is 9.53 Å². The van der Waals surface area contributed by atoms with Crippen molar-refractivity contribution in [2.45, 2.75) is 90.7 Å². The normalized spacial score (nSPS) is 28.8. The number of nitrogens with two attached hydrogens (primary N) is 1. The van der Waals surface area contributed by atoms with Crippen molar-refractivity contribution >= 4 is 11.5 Å². The Hall–Kier alpha value is -1.59. The molecule has 5 nitrogen and oxygen atoms in total. The Morgan fingerprint density at radius 1 is 1.06 bits per heavy atom. The highest BCUT2D eigenvalue weighted by atomic mass is 16.5. The number of ether oxygens (including phenoxy) is 1. The molecule has 0 spiro atoms. The second-order valence-electron chi connectivity index (χ2n) is 12.9. The van der Waals surface area contributed by atoms with Crippen LogP contribution in [0.15, 0.2) is 12.1 Å². The van der Waals surface area contributed by atoms with E-state index in [9.17, 15) is 4.79 Å². The first-order valence-electron chi connectivity index (χ1n) is 14.3. The summed E-state index contributed by atoms with van der Waals surface area (Å²) in [4.78, 5) is 18.9. The fraction of sp³-hybridized carbons (Fsp3) is 0.767. The first kappa shape index (κ1) is 25.1. The van der Waals surface area contributed by atoms with Crippen molar-refractivity contribution in [3.8, 4) is 5.75 Å². The number of carbonyl (C=O) groups is 1. The van der Waals surface area contributed by atoms with E-state index >= 15 is 0 Å². The van der Waals surface area contributed by atoms with Gasteiger partial charge in [0, 0.05) is 62.7 Å². The second kappa shape index (κ2) is 10.0. The van der Waals surface area contributed by atoms with Crippen LogP contribution in [0.4, 0.5) is 5.69 Å². The number of hydrogen-bond donors (Lipinski definition) is 1. The molecule has 5 heteroatoms. The highest BCUT2D eigenvalue weighted by Gasteiger charge is 2.36. The lowest BCUT2D eigenvalue weighted by Crippen LogP contribution is -2.51. The minimum Gasteiger partial charge on any atom is -0.485 e. The number of rotatable bonds is 8. The number of benzene rings is 1. The van der Waals surface area contributed by atoms with Gasteiger partial charge in [0.1, 0.15) is 11.4 Å². The minimum atomic E-state index is -0.297. The number of carbonyl (C=O) groups excluding carboxylic acids is 1. The maximum Gasteiger partial charge on any atom is 0.163 e. The van der Waals surface area contributed by atoms with Gasteiger partial charge in [0.05, 0.1) is 5.69 Å². The highest BCUT2D eigenvalue weighted by molar-refractivity contribution is 5.99. The predicted octanol–water partition coefficient (Wildman–Crippen LogP) is 5.41. The average molecular weight is 482 g/mol. The SMILES string of the molecule is CC(CC(=O)c1ccc(N)c2c1CC(C)(C)O2)C(C)C1CCC(N2CCN(CC3CC3)CC2)CC1. The van der Waals surface area contributed by atoms with Gasteiger partial charge in [0.25, 0.3) is 0 Å². The molecule has 4 aliphatic rings. The van der Waals surface area contributed by atoms with Crippen LogP contribution in [0.5, 0.6) is 5.75 Å². The molecule has 2 atom stereocenters. The van der Waals surface area contributed by atoms with Gasteiger partial charge in [-0.15, -0.1) is 0 Å². The van der Waals surface area contributed by atoms with E-state index in [2.05, 4.69) is 37.5 Å². The third kappa shape index (κ3) is 5.72. The van der Waals surface area contributed by atoms with Crippen molar-refractivity contribution in [1.82, 2.24) is 9.80 Å². The van der Waals surface area contributed by atoms with Crippen LogP contribution in [-0.4, -0.2) is 59.9 Å². The molecule has 0 radical (unpaired) electrons. The van der Waals surface area contributed by atoms with Crippen LogP contribution in [0, 0.1) is 23.7 Å². The molecule has 0 amide bonds. The van der Waals surface area contributed by atoms with Crippen molar-refractivity contribution in [3.05, 3.63) is 23.3 Å². The summed E-state index contributed by atoms with van der Waals surface area (Å²) in [7, 11) is 0. The molecule has 2 aliphatic heterocycles. The molecule has 0 aromatic heterocycles. The molecule has 5 rings (SSSR count). The van der Waals surface area contributed by atoms with Crippen LogP contribution < -0.4 is 10.5 Å². The molecule has 2 saturated carbocycles. The zero-order valence-corrected chi connectivity index (χ0v) is 22.5. The van der Waals surface area contributed by atoms with Gasteiger partial charge in [-0.05, 0) is 88.2 Å². The molecule has 2 aliphatic carbocycles. The fourth-order valence-corrected chi connectivity index (χ4v) is 6.96. The summed E-state index contributed by atoms with van der Waals surface area (Å²) < 4.78 is 6.07. The maximum atomic E-state index is 13.4. The van der Waals surface area contributed by atoms with Crippen LogP contribution in [-0.2, 0) is 6.42 Å². The van der Waals surface area contributed by atoms with Gasteiger partial charge < -0.3 is 15.4 Å². The van der Waals surface area contributed by atoms with Crippen molar-refractivity contribution in [1.29, 1.82) is 0 Å². The first-order chi connectivity index (χ1) is 16.7. The summed E-state index contributed by atoms with van der Waals surface area (Å²) in [6.07, 6.45) is 9.56.